The summed E-state index contributed by atoms with van der Waals surface area (Å²) in [5.41, 5.74) is 9.66. The first-order chi connectivity index (χ1) is 7.94. The average Bonchev–Trinajstić information content (AvgIpc) is 2.13. The number of hydrogen-bond donors (Lipinski definition) is 0. The monoisotopic (exact) mass is 249 g/mol. The van der Waals surface area contributed by atoms with E-state index in [9.17, 15) is 10.1 Å². The van der Waals surface area contributed by atoms with Crippen molar-refractivity contribution >= 4 is 11.4 Å². The molecule has 18 heavy (non-hydrogen) atoms. The Kier molecular flexibility index (Phi) is 3.43. The molecule has 0 aliphatic carbocycles. The van der Waals surface area contributed by atoms with Crippen LogP contribution in [0.2, 0.25) is 0 Å². The summed E-state index contributed by atoms with van der Waals surface area (Å²) < 4.78 is 0. The highest BCUT2D eigenvalue weighted by Gasteiger charge is 2.28. The zero-order chi connectivity index (χ0) is 14.3. The van der Waals surface area contributed by atoms with Gasteiger partial charge in [-0.2, -0.15) is 0 Å². The number of nitro groups is 1. The van der Waals surface area contributed by atoms with Crippen molar-refractivity contribution in [3.8, 4) is 0 Å². The molecule has 99 valence electrons. The molecule has 0 heterocycles. The molecule has 0 saturated heterocycles. The first-order valence-corrected chi connectivity index (χ1v) is 5.99. The lowest BCUT2D eigenvalue weighted by Gasteiger charge is -2.27. The van der Waals surface area contributed by atoms with Gasteiger partial charge in [0.2, 0.25) is 0 Å². The molecular formula is C14H21N2O2. The van der Waals surface area contributed by atoms with E-state index in [0.717, 1.165) is 11.1 Å². The van der Waals surface area contributed by atoms with Gasteiger partial charge in [-0.05, 0) is 22.0 Å². The van der Waals surface area contributed by atoms with Crippen LogP contribution in [-0.4, -0.2) is 4.92 Å². The molecule has 4 nitrogen and oxygen atoms in total. The molecule has 0 atom stereocenters. The maximum Gasteiger partial charge on any atom is 0.270 e. The molecule has 0 spiro atoms. The molecule has 0 aromatic heterocycles. The van der Waals surface area contributed by atoms with Crippen molar-refractivity contribution in [2.45, 2.75) is 52.4 Å². The highest BCUT2D eigenvalue weighted by atomic mass is 16.6. The summed E-state index contributed by atoms with van der Waals surface area (Å²) in [6.07, 6.45) is 0. The largest absolute Gasteiger partial charge is 0.300 e. The number of nitro benzene ring substituents is 1. The predicted molar refractivity (Wildman–Crippen MR) is 73.3 cm³/mol. The van der Waals surface area contributed by atoms with Crippen LogP contribution >= 0.6 is 0 Å². The Morgan fingerprint density at radius 3 is 1.56 bits per heavy atom. The Morgan fingerprint density at radius 1 is 1.00 bits per heavy atom. The topological polar surface area (TPSA) is 66.9 Å². The molecule has 0 amide bonds. The zero-order valence-corrected chi connectivity index (χ0v) is 11.9. The molecule has 0 bridgehead atoms. The minimum atomic E-state index is -0.385. The minimum Gasteiger partial charge on any atom is -0.300 e. The second-order valence-corrected chi connectivity index (χ2v) is 6.67. The van der Waals surface area contributed by atoms with E-state index in [1.54, 1.807) is 0 Å². The molecule has 1 radical (unpaired) electrons. The van der Waals surface area contributed by atoms with Crippen molar-refractivity contribution in [2.75, 3.05) is 0 Å². The second-order valence-electron chi connectivity index (χ2n) is 6.67. The van der Waals surface area contributed by atoms with E-state index in [4.69, 9.17) is 5.73 Å². The average molecular weight is 249 g/mol. The van der Waals surface area contributed by atoms with Gasteiger partial charge in [-0.15, -0.1) is 0 Å². The summed E-state index contributed by atoms with van der Waals surface area (Å²) >= 11 is 0. The van der Waals surface area contributed by atoms with E-state index in [1.807, 2.05) is 41.5 Å². The summed E-state index contributed by atoms with van der Waals surface area (Å²) in [7, 11) is 0. The lowest BCUT2D eigenvalue weighted by Crippen LogP contribution is -2.18. The van der Waals surface area contributed by atoms with Gasteiger partial charge in [0.05, 0.1) is 10.6 Å². The van der Waals surface area contributed by atoms with Crippen LogP contribution in [-0.2, 0) is 10.8 Å². The Balaban J connectivity index is 3.64. The van der Waals surface area contributed by atoms with Crippen molar-refractivity contribution in [1.82, 2.24) is 5.73 Å². The third-order valence-corrected chi connectivity index (χ3v) is 2.95. The van der Waals surface area contributed by atoms with Gasteiger partial charge < -0.3 is 5.73 Å². The lowest BCUT2D eigenvalue weighted by atomic mass is 9.78. The third-order valence-electron chi connectivity index (χ3n) is 2.95. The Morgan fingerprint density at radius 2 is 1.33 bits per heavy atom. The molecule has 0 unspecified atom stereocenters. The highest BCUT2D eigenvalue weighted by molar-refractivity contribution is 5.61. The Labute approximate surface area is 108 Å². The van der Waals surface area contributed by atoms with E-state index < -0.39 is 0 Å². The number of nitrogens with one attached hydrogen (secondary N) is 1. The predicted octanol–water partition coefficient (Wildman–Crippen LogP) is 4.10. The summed E-state index contributed by atoms with van der Waals surface area (Å²) in [6, 6.07) is 3.05. The van der Waals surface area contributed by atoms with Gasteiger partial charge in [-0.3, -0.25) is 10.1 Å². The fourth-order valence-electron chi connectivity index (χ4n) is 1.92. The van der Waals surface area contributed by atoms with Gasteiger partial charge >= 0.3 is 0 Å². The molecule has 0 aliphatic heterocycles. The Bertz CT molecular complexity index is 445. The van der Waals surface area contributed by atoms with E-state index >= 15 is 0 Å². The van der Waals surface area contributed by atoms with Crippen molar-refractivity contribution in [1.29, 1.82) is 0 Å². The third kappa shape index (κ3) is 2.81. The fraction of sp³-hybridized carbons (Fsp3) is 0.571. The molecule has 1 aromatic carbocycles. The molecule has 1 rings (SSSR count). The molecule has 0 saturated carbocycles. The van der Waals surface area contributed by atoms with Gasteiger partial charge in [0, 0.05) is 12.1 Å². The van der Waals surface area contributed by atoms with Gasteiger partial charge in [0.1, 0.15) is 0 Å². The van der Waals surface area contributed by atoms with E-state index in [1.165, 1.54) is 12.1 Å². The van der Waals surface area contributed by atoms with Crippen LogP contribution in [0.5, 0.6) is 0 Å². The summed E-state index contributed by atoms with van der Waals surface area (Å²) in [4.78, 5) is 10.6. The van der Waals surface area contributed by atoms with Crippen molar-refractivity contribution in [2.24, 2.45) is 0 Å². The maximum absolute atomic E-state index is 11.0. The number of benzene rings is 1. The van der Waals surface area contributed by atoms with Crippen molar-refractivity contribution < 1.29 is 4.92 Å². The first-order valence-electron chi connectivity index (χ1n) is 5.99. The summed E-state index contributed by atoms with van der Waals surface area (Å²) in [5, 5.41) is 11.0. The van der Waals surface area contributed by atoms with Crippen LogP contribution in [0, 0.1) is 10.1 Å². The molecule has 1 aromatic rings. The SMILES string of the molecule is CC(C)(C)c1cc([N+](=O)[O-])cc(C(C)(C)C)c1[NH]. The van der Waals surface area contributed by atoms with Crippen LogP contribution in [0.4, 0.5) is 11.4 Å². The molecule has 1 N–H and O–H groups in total. The maximum atomic E-state index is 11.0. The normalized spacial score (nSPS) is 12.6. The smallest absolute Gasteiger partial charge is 0.270 e. The number of rotatable bonds is 1. The molecule has 4 heteroatoms. The molecule has 0 fully saturated rings. The van der Waals surface area contributed by atoms with E-state index in [0.29, 0.717) is 5.69 Å². The first kappa shape index (κ1) is 14.5. The highest BCUT2D eigenvalue weighted by Crippen LogP contribution is 2.39. The summed E-state index contributed by atoms with van der Waals surface area (Å²) in [6.45, 7) is 11.8. The summed E-state index contributed by atoms with van der Waals surface area (Å²) in [5.74, 6) is 0. The molecule has 0 aliphatic rings. The number of hydrogen-bond acceptors (Lipinski definition) is 2. The van der Waals surface area contributed by atoms with Crippen molar-refractivity contribution in [3.05, 3.63) is 33.4 Å². The fourth-order valence-corrected chi connectivity index (χ4v) is 1.92. The lowest BCUT2D eigenvalue weighted by molar-refractivity contribution is -0.385. The zero-order valence-electron chi connectivity index (χ0n) is 11.9. The van der Waals surface area contributed by atoms with Gasteiger partial charge in [-0.1, -0.05) is 41.5 Å². The van der Waals surface area contributed by atoms with E-state index in [2.05, 4.69) is 0 Å². The van der Waals surface area contributed by atoms with Crippen LogP contribution in [0.3, 0.4) is 0 Å². The van der Waals surface area contributed by atoms with Gasteiger partial charge in [0.25, 0.3) is 5.69 Å². The Hall–Kier alpha value is -1.58. The van der Waals surface area contributed by atoms with Crippen LogP contribution in [0.15, 0.2) is 12.1 Å². The van der Waals surface area contributed by atoms with Crippen LogP contribution in [0.25, 0.3) is 0 Å². The van der Waals surface area contributed by atoms with E-state index in [-0.39, 0.29) is 21.4 Å². The standard InChI is InChI=1S/C14H21N2O2/c1-13(2,3)10-7-9(16(17)18)8-11(12(10)15)14(4,5)6/h7-8,15H,1-6H3. The number of nitrogens with zero attached hydrogens (tertiary/aromatic N) is 1. The quantitative estimate of drug-likeness (QED) is 0.555. The van der Waals surface area contributed by atoms with Crippen molar-refractivity contribution in [3.63, 3.8) is 0 Å². The number of non-ortho nitro benzene ring substituents is 1. The van der Waals surface area contributed by atoms with Crippen LogP contribution < -0.4 is 5.73 Å². The van der Waals surface area contributed by atoms with Crippen LogP contribution in [0.1, 0.15) is 52.7 Å². The van der Waals surface area contributed by atoms with Gasteiger partial charge in [-0.25, -0.2) is 0 Å². The second kappa shape index (κ2) is 4.26. The minimum absolute atomic E-state index is 0.0702. The van der Waals surface area contributed by atoms with Gasteiger partial charge in [0.15, 0.2) is 0 Å². The molecular weight excluding hydrogens is 228 g/mol.